The van der Waals surface area contributed by atoms with Gasteiger partial charge in [0, 0.05) is 40.2 Å². The average molecular weight is 570 g/mol. The third-order valence-corrected chi connectivity index (χ3v) is 8.01. The predicted octanol–water partition coefficient (Wildman–Crippen LogP) is 7.04. The van der Waals surface area contributed by atoms with E-state index in [1.165, 1.54) is 17.4 Å². The number of aromatic nitrogens is 4. The largest absolute Gasteiger partial charge is 0.365 e. The fourth-order valence-corrected chi connectivity index (χ4v) is 5.95. The molecule has 0 aliphatic heterocycles. The van der Waals surface area contributed by atoms with Crippen LogP contribution in [0.1, 0.15) is 41.2 Å². The van der Waals surface area contributed by atoms with Crippen LogP contribution in [0, 0.1) is 25.1 Å². The van der Waals surface area contributed by atoms with Gasteiger partial charge in [0.15, 0.2) is 11.6 Å². The Morgan fingerprint density at radius 2 is 1.98 bits per heavy atom. The normalized spacial score (nSPS) is 16.8. The lowest BCUT2D eigenvalue weighted by molar-refractivity contribution is 0.0922. The van der Waals surface area contributed by atoms with Crippen molar-refractivity contribution in [1.82, 2.24) is 25.3 Å². The lowest BCUT2D eigenvalue weighted by atomic mass is 9.90. The molecule has 4 heterocycles. The summed E-state index contributed by atoms with van der Waals surface area (Å²) < 4.78 is 30.4. The molecule has 1 aromatic carbocycles. The molecule has 1 aliphatic carbocycles. The van der Waals surface area contributed by atoms with Gasteiger partial charge in [-0.3, -0.25) is 4.79 Å². The fraction of sp³-hybridized carbons (Fsp3) is 0.233. The van der Waals surface area contributed by atoms with Crippen LogP contribution in [0.2, 0.25) is 0 Å². The van der Waals surface area contributed by atoms with Crippen LogP contribution in [0.25, 0.3) is 38.3 Å². The van der Waals surface area contributed by atoms with Crippen molar-refractivity contribution in [3.63, 3.8) is 0 Å². The number of hydrogen-bond donors (Lipinski definition) is 3. The molecule has 1 amide bonds. The average Bonchev–Trinajstić information content (AvgIpc) is 3.60. The summed E-state index contributed by atoms with van der Waals surface area (Å²) in [4.78, 5) is 32.4. The molecule has 0 bridgehead atoms. The van der Waals surface area contributed by atoms with Crippen molar-refractivity contribution in [1.29, 1.82) is 0 Å². The summed E-state index contributed by atoms with van der Waals surface area (Å²) in [6.07, 6.45) is 5.66. The van der Waals surface area contributed by atoms with Gasteiger partial charge in [0.05, 0.1) is 23.5 Å². The van der Waals surface area contributed by atoms with Crippen molar-refractivity contribution in [2.75, 3.05) is 5.32 Å². The Bertz CT molecular complexity index is 1790. The van der Waals surface area contributed by atoms with E-state index in [9.17, 15) is 9.18 Å². The summed E-state index contributed by atoms with van der Waals surface area (Å²) in [6.45, 7) is 9.82. The second-order valence-corrected chi connectivity index (χ2v) is 11.1. The van der Waals surface area contributed by atoms with Gasteiger partial charge < -0.3 is 15.6 Å². The Morgan fingerprint density at radius 3 is 2.73 bits per heavy atom. The molecule has 0 radical (unpaired) electrons. The SMILES string of the molecule is [C-]#[N+]c1c(-c2c[nH]c3ncc(F)cc23)nc(N[C@H]2CCC[C@@H](NC(=O)c3csc(C)n3)C2)c(F)c1-c1ccccc1. The van der Waals surface area contributed by atoms with Gasteiger partial charge in [-0.25, -0.2) is 28.6 Å². The van der Waals surface area contributed by atoms with Gasteiger partial charge >= 0.3 is 0 Å². The number of aryl methyl sites for hydroxylation is 1. The summed E-state index contributed by atoms with van der Waals surface area (Å²) in [7, 11) is 0. The standard InChI is InChI=1S/C30H25F2N7OS/c1-16-36-23(15-41-16)30(40)38-20-10-6-9-19(12-20)37-29-25(32)24(17-7-4-3-5-8-17)27(33-2)26(39-29)22-14-35-28-21(22)11-18(31)13-34-28/h3-5,7-8,11,13-15,19-20H,6,9-10,12H2,1H3,(H,34,35)(H,37,39)(H,38,40)/t19-,20+/m0/s1. The zero-order chi connectivity index (χ0) is 28.5. The van der Waals surface area contributed by atoms with Crippen LogP contribution in [0.15, 0.2) is 54.2 Å². The molecule has 11 heteroatoms. The van der Waals surface area contributed by atoms with Crippen molar-refractivity contribution in [3.05, 3.63) is 87.9 Å². The fourth-order valence-electron chi connectivity index (χ4n) is 5.36. The van der Waals surface area contributed by atoms with Crippen molar-refractivity contribution < 1.29 is 13.6 Å². The lowest BCUT2D eigenvalue weighted by Gasteiger charge is -2.31. The lowest BCUT2D eigenvalue weighted by Crippen LogP contribution is -2.42. The Hall–Kier alpha value is -4.69. The van der Waals surface area contributed by atoms with Gasteiger partial charge in [0.2, 0.25) is 5.69 Å². The molecule has 0 spiro atoms. The van der Waals surface area contributed by atoms with E-state index in [4.69, 9.17) is 6.57 Å². The quantitative estimate of drug-likeness (QED) is 0.191. The number of aromatic amines is 1. The van der Waals surface area contributed by atoms with Gasteiger partial charge in [0.25, 0.3) is 5.91 Å². The number of thiazole rings is 1. The van der Waals surface area contributed by atoms with E-state index in [2.05, 4.69) is 35.4 Å². The maximum Gasteiger partial charge on any atom is 0.270 e. The Kier molecular flexibility index (Phi) is 7.15. The molecule has 3 N–H and O–H groups in total. The van der Waals surface area contributed by atoms with E-state index >= 15 is 4.39 Å². The van der Waals surface area contributed by atoms with Crippen molar-refractivity contribution >= 4 is 39.8 Å². The number of fused-ring (bicyclic) bond motifs is 1. The Morgan fingerprint density at radius 1 is 1.17 bits per heavy atom. The molecule has 8 nitrogen and oxygen atoms in total. The van der Waals surface area contributed by atoms with Gasteiger partial charge in [-0.2, -0.15) is 0 Å². The molecule has 1 fully saturated rings. The molecule has 0 saturated heterocycles. The number of H-pyrrole nitrogens is 1. The number of benzene rings is 1. The zero-order valence-electron chi connectivity index (χ0n) is 22.0. The minimum atomic E-state index is -0.640. The third kappa shape index (κ3) is 5.26. The van der Waals surface area contributed by atoms with E-state index in [1.807, 2.05) is 13.0 Å². The van der Waals surface area contributed by atoms with Crippen LogP contribution in [-0.4, -0.2) is 37.9 Å². The number of rotatable bonds is 6. The van der Waals surface area contributed by atoms with Gasteiger partial charge in [-0.1, -0.05) is 30.3 Å². The minimum absolute atomic E-state index is 0.00271. The molecule has 6 rings (SSSR count). The van der Waals surface area contributed by atoms with Gasteiger partial charge in [0.1, 0.15) is 17.2 Å². The molecule has 1 aliphatic rings. The first-order chi connectivity index (χ1) is 19.9. The highest BCUT2D eigenvalue weighted by Gasteiger charge is 2.28. The maximum absolute atomic E-state index is 16.3. The van der Waals surface area contributed by atoms with Crippen LogP contribution in [0.5, 0.6) is 0 Å². The summed E-state index contributed by atoms with van der Waals surface area (Å²) >= 11 is 1.42. The van der Waals surface area contributed by atoms with Crippen LogP contribution in [-0.2, 0) is 0 Å². The third-order valence-electron chi connectivity index (χ3n) is 7.24. The first-order valence-corrected chi connectivity index (χ1v) is 14.1. The summed E-state index contributed by atoms with van der Waals surface area (Å²) in [5.74, 6) is -1.40. The number of carbonyl (C=O) groups excluding carboxylic acids is 1. The molecule has 5 aromatic rings. The van der Waals surface area contributed by atoms with Crippen LogP contribution >= 0.6 is 11.3 Å². The number of carbonyl (C=O) groups is 1. The van der Waals surface area contributed by atoms with E-state index in [1.54, 1.807) is 35.8 Å². The number of nitrogens with one attached hydrogen (secondary N) is 3. The van der Waals surface area contributed by atoms with Crippen LogP contribution in [0.4, 0.5) is 20.3 Å². The van der Waals surface area contributed by atoms with Crippen molar-refractivity contribution in [2.45, 2.75) is 44.7 Å². The molecule has 4 aromatic heterocycles. The topological polar surface area (TPSA) is 100.0 Å². The van der Waals surface area contributed by atoms with E-state index in [-0.39, 0.29) is 40.8 Å². The number of anilines is 1. The number of amides is 1. The first kappa shape index (κ1) is 26.5. The highest BCUT2D eigenvalue weighted by molar-refractivity contribution is 7.09. The van der Waals surface area contributed by atoms with Crippen LogP contribution in [0.3, 0.4) is 0 Å². The number of nitrogens with zero attached hydrogens (tertiary/aromatic N) is 4. The van der Waals surface area contributed by atoms with Gasteiger partial charge in [-0.15, -0.1) is 11.3 Å². The Balaban J connectivity index is 1.38. The summed E-state index contributed by atoms with van der Waals surface area (Å²) in [5.41, 5.74) is 2.17. The summed E-state index contributed by atoms with van der Waals surface area (Å²) in [5, 5.41) is 9.32. The molecule has 1 saturated carbocycles. The van der Waals surface area contributed by atoms with Gasteiger partial charge in [-0.05, 0) is 44.2 Å². The highest BCUT2D eigenvalue weighted by Crippen LogP contribution is 2.44. The molecule has 206 valence electrons. The number of hydrogen-bond acceptors (Lipinski definition) is 6. The second-order valence-electron chi connectivity index (χ2n) is 10.0. The Labute approximate surface area is 238 Å². The molecule has 41 heavy (non-hydrogen) atoms. The minimum Gasteiger partial charge on any atom is -0.365 e. The maximum atomic E-state index is 16.3. The van der Waals surface area contributed by atoms with E-state index in [0.717, 1.165) is 30.5 Å². The molecule has 2 atom stereocenters. The molecule has 0 unspecified atom stereocenters. The van der Waals surface area contributed by atoms with Crippen molar-refractivity contribution in [2.24, 2.45) is 0 Å². The van der Waals surface area contributed by atoms with Crippen LogP contribution < -0.4 is 10.6 Å². The zero-order valence-corrected chi connectivity index (χ0v) is 22.9. The first-order valence-electron chi connectivity index (χ1n) is 13.2. The smallest absolute Gasteiger partial charge is 0.270 e. The predicted molar refractivity (Wildman–Crippen MR) is 155 cm³/mol. The van der Waals surface area contributed by atoms with Crippen molar-refractivity contribution in [3.8, 4) is 22.4 Å². The van der Waals surface area contributed by atoms with E-state index < -0.39 is 11.6 Å². The molecular formula is C30H25F2N7OS. The number of halogens is 2. The second kappa shape index (κ2) is 11.1. The van der Waals surface area contributed by atoms with E-state index in [0.29, 0.717) is 34.3 Å². The number of pyridine rings is 2. The summed E-state index contributed by atoms with van der Waals surface area (Å²) in [6, 6.07) is 9.88. The highest BCUT2D eigenvalue weighted by atomic mass is 32.1. The monoisotopic (exact) mass is 569 g/mol. The molecular weight excluding hydrogens is 544 g/mol.